The van der Waals surface area contributed by atoms with Gasteiger partial charge in [-0.1, -0.05) is 18.2 Å². The van der Waals surface area contributed by atoms with E-state index in [0.717, 1.165) is 35.5 Å². The van der Waals surface area contributed by atoms with Gasteiger partial charge in [0.2, 0.25) is 0 Å². The second-order valence-corrected chi connectivity index (χ2v) is 11.4. The summed E-state index contributed by atoms with van der Waals surface area (Å²) < 4.78 is 23.6. The molecular formula is C30H34FN5O5. The zero-order valence-electron chi connectivity index (χ0n) is 23.3. The second-order valence-electron chi connectivity index (χ2n) is 11.4. The Balaban J connectivity index is 1.26. The maximum absolute atomic E-state index is 15.4. The monoisotopic (exact) mass is 563 g/mol. The zero-order valence-corrected chi connectivity index (χ0v) is 23.3. The summed E-state index contributed by atoms with van der Waals surface area (Å²) >= 11 is 0. The predicted molar refractivity (Wildman–Crippen MR) is 152 cm³/mol. The third kappa shape index (κ3) is 4.92. The fourth-order valence-electron chi connectivity index (χ4n) is 6.31. The highest BCUT2D eigenvalue weighted by molar-refractivity contribution is 5.98. The van der Waals surface area contributed by atoms with Crippen LogP contribution < -0.4 is 16.6 Å². The molecule has 0 radical (unpaired) electrons. The van der Waals surface area contributed by atoms with E-state index in [1.165, 1.54) is 10.6 Å². The fourth-order valence-corrected chi connectivity index (χ4v) is 6.31. The molecule has 3 aromatic rings. The Labute approximate surface area is 236 Å². The van der Waals surface area contributed by atoms with Gasteiger partial charge in [-0.2, -0.15) is 0 Å². The number of nitrogens with zero attached hydrogens (tertiary/aromatic N) is 4. The summed E-state index contributed by atoms with van der Waals surface area (Å²) in [5, 5.41) is 2.79. The van der Waals surface area contributed by atoms with Gasteiger partial charge in [0.15, 0.2) is 0 Å². The smallest absolute Gasteiger partial charge is 0.331 e. The topological polar surface area (TPSA) is 106 Å². The number of amides is 3. The van der Waals surface area contributed by atoms with Crippen LogP contribution in [-0.2, 0) is 17.8 Å². The van der Waals surface area contributed by atoms with E-state index in [1.807, 2.05) is 29.2 Å². The summed E-state index contributed by atoms with van der Waals surface area (Å²) in [5.74, 6) is -0.779. The minimum Gasteiger partial charge on any atom is -0.376 e. The molecule has 4 heterocycles. The van der Waals surface area contributed by atoms with Gasteiger partial charge in [-0.15, -0.1) is 0 Å². The largest absolute Gasteiger partial charge is 0.376 e. The number of hydrogen-bond acceptors (Lipinski definition) is 5. The van der Waals surface area contributed by atoms with Gasteiger partial charge in [0, 0.05) is 43.9 Å². The Hall–Kier alpha value is -3.99. The summed E-state index contributed by atoms with van der Waals surface area (Å²) in [5.41, 5.74) is 0.656. The fraction of sp³-hybridized carbons (Fsp3) is 0.467. The molecule has 3 amide bonds. The van der Waals surface area contributed by atoms with Crippen LogP contribution in [0.5, 0.6) is 0 Å². The molecule has 0 bridgehead atoms. The molecule has 1 aromatic heterocycles. The van der Waals surface area contributed by atoms with Gasteiger partial charge in [0.05, 0.1) is 35.3 Å². The summed E-state index contributed by atoms with van der Waals surface area (Å²) in [6.45, 7) is 5.59. The standard InChI is InChI=1S/C30H34FN5O5/c1-18(2)36-26-14-24(31)25(13-23(26)28(38)35(30(36)40)17-21-9-6-12-41-21)32-29(39)33-11-5-8-20(16-33)34-15-19-7-3-4-10-22(19)27(34)37/h3-4,7,10,13-14,18,20-21H,5-6,8-9,11-12,15-17H2,1-2H3,(H,32,39)/t20-,21+/m1/s1. The normalized spacial score (nSPS) is 20.7. The Morgan fingerprint density at radius 2 is 1.93 bits per heavy atom. The number of halogens is 1. The van der Waals surface area contributed by atoms with Gasteiger partial charge < -0.3 is 19.9 Å². The average Bonchev–Trinajstić information content (AvgIpc) is 3.60. The second kappa shape index (κ2) is 10.8. The third-order valence-electron chi connectivity index (χ3n) is 8.40. The number of nitrogens with one attached hydrogen (secondary N) is 1. The first-order valence-electron chi connectivity index (χ1n) is 14.3. The number of anilines is 1. The highest BCUT2D eigenvalue weighted by atomic mass is 19.1. The van der Waals surface area contributed by atoms with Gasteiger partial charge >= 0.3 is 11.7 Å². The van der Waals surface area contributed by atoms with Gasteiger partial charge in [-0.25, -0.2) is 14.0 Å². The molecule has 10 nitrogen and oxygen atoms in total. The zero-order chi connectivity index (χ0) is 28.8. The molecule has 2 saturated heterocycles. The van der Waals surface area contributed by atoms with E-state index in [4.69, 9.17) is 4.74 Å². The lowest BCUT2D eigenvalue weighted by Gasteiger charge is -2.37. The number of piperidine rings is 1. The number of carbonyl (C=O) groups excluding carboxylic acids is 2. The molecule has 2 fully saturated rings. The number of aromatic nitrogens is 2. The van der Waals surface area contributed by atoms with Crippen molar-refractivity contribution in [3.05, 3.63) is 74.2 Å². The van der Waals surface area contributed by atoms with Gasteiger partial charge in [-0.05, 0) is 57.2 Å². The lowest BCUT2D eigenvalue weighted by molar-refractivity contribution is 0.0608. The first-order chi connectivity index (χ1) is 19.7. The average molecular weight is 564 g/mol. The van der Waals surface area contributed by atoms with Crippen LogP contribution in [0.15, 0.2) is 46.0 Å². The molecule has 0 unspecified atom stereocenters. The summed E-state index contributed by atoms with van der Waals surface area (Å²) in [6.07, 6.45) is 2.85. The molecule has 3 aliphatic rings. The molecule has 41 heavy (non-hydrogen) atoms. The van der Waals surface area contributed by atoms with Crippen molar-refractivity contribution in [3.8, 4) is 0 Å². The molecular weight excluding hydrogens is 529 g/mol. The SMILES string of the molecule is CC(C)n1c(=O)n(C[C@@H]2CCCO2)c(=O)c2cc(NC(=O)N3CCC[C@@H](N4Cc5ccccc5C4=O)C3)c(F)cc21. The quantitative estimate of drug-likeness (QED) is 0.510. The van der Waals surface area contributed by atoms with E-state index in [2.05, 4.69) is 5.32 Å². The molecule has 6 rings (SSSR count). The van der Waals surface area contributed by atoms with E-state index >= 15 is 4.39 Å². The number of ether oxygens (including phenoxy) is 1. The van der Waals surface area contributed by atoms with Crippen molar-refractivity contribution in [2.24, 2.45) is 0 Å². The summed E-state index contributed by atoms with van der Waals surface area (Å²) in [7, 11) is 0. The molecule has 2 atom stereocenters. The predicted octanol–water partition coefficient (Wildman–Crippen LogP) is 3.71. The molecule has 3 aliphatic heterocycles. The van der Waals surface area contributed by atoms with Gasteiger partial charge in [-0.3, -0.25) is 18.7 Å². The number of benzene rings is 2. The minimum atomic E-state index is -0.741. The van der Waals surface area contributed by atoms with Crippen LogP contribution >= 0.6 is 0 Å². The maximum Gasteiger partial charge on any atom is 0.331 e. The van der Waals surface area contributed by atoms with Crippen molar-refractivity contribution < 1.29 is 18.7 Å². The minimum absolute atomic E-state index is 0.0380. The number of hydrogen-bond donors (Lipinski definition) is 1. The molecule has 2 aromatic carbocycles. The van der Waals surface area contributed by atoms with E-state index < -0.39 is 23.1 Å². The highest BCUT2D eigenvalue weighted by Gasteiger charge is 2.36. The van der Waals surface area contributed by atoms with Crippen LogP contribution in [0.2, 0.25) is 0 Å². The first-order valence-corrected chi connectivity index (χ1v) is 14.3. The van der Waals surface area contributed by atoms with Gasteiger partial charge in [0.1, 0.15) is 5.82 Å². The lowest BCUT2D eigenvalue weighted by Crippen LogP contribution is -2.51. The van der Waals surface area contributed by atoms with Crippen molar-refractivity contribution >= 4 is 28.5 Å². The Kier molecular flexibility index (Phi) is 7.14. The maximum atomic E-state index is 15.4. The number of likely N-dealkylation sites (tertiary alicyclic amines) is 1. The number of fused-ring (bicyclic) bond motifs is 2. The van der Waals surface area contributed by atoms with Crippen LogP contribution in [0.3, 0.4) is 0 Å². The van der Waals surface area contributed by atoms with Crippen molar-refractivity contribution in [1.29, 1.82) is 0 Å². The Bertz CT molecular complexity index is 1640. The van der Waals surface area contributed by atoms with Crippen molar-refractivity contribution in [3.63, 3.8) is 0 Å². The molecule has 1 N–H and O–H groups in total. The van der Waals surface area contributed by atoms with E-state index in [-0.39, 0.29) is 47.2 Å². The first kappa shape index (κ1) is 27.2. The number of rotatable bonds is 5. The summed E-state index contributed by atoms with van der Waals surface area (Å²) in [6, 6.07) is 8.99. The van der Waals surface area contributed by atoms with E-state index in [1.54, 1.807) is 18.7 Å². The van der Waals surface area contributed by atoms with Crippen LogP contribution in [0, 0.1) is 5.82 Å². The molecule has 11 heteroatoms. The molecule has 0 aliphatic carbocycles. The molecule has 0 spiro atoms. The highest BCUT2D eigenvalue weighted by Crippen LogP contribution is 2.29. The van der Waals surface area contributed by atoms with Crippen LogP contribution in [0.25, 0.3) is 10.9 Å². The van der Waals surface area contributed by atoms with Crippen LogP contribution in [0.1, 0.15) is 61.5 Å². The van der Waals surface area contributed by atoms with Crippen molar-refractivity contribution in [2.45, 2.75) is 70.8 Å². The van der Waals surface area contributed by atoms with E-state index in [9.17, 15) is 19.2 Å². The van der Waals surface area contributed by atoms with Gasteiger partial charge in [0.25, 0.3) is 11.5 Å². The van der Waals surface area contributed by atoms with E-state index in [0.29, 0.717) is 38.2 Å². The number of carbonyl (C=O) groups is 2. The summed E-state index contributed by atoms with van der Waals surface area (Å²) in [4.78, 5) is 56.5. The van der Waals surface area contributed by atoms with Crippen LogP contribution in [0.4, 0.5) is 14.9 Å². The lowest BCUT2D eigenvalue weighted by atomic mass is 10.0. The number of urea groups is 1. The molecule has 216 valence electrons. The third-order valence-corrected chi connectivity index (χ3v) is 8.40. The molecule has 0 saturated carbocycles. The Morgan fingerprint density at radius 3 is 2.66 bits per heavy atom. The van der Waals surface area contributed by atoms with Crippen molar-refractivity contribution in [2.75, 3.05) is 25.0 Å². The Morgan fingerprint density at radius 1 is 1.12 bits per heavy atom. The van der Waals surface area contributed by atoms with Crippen LogP contribution in [-0.4, -0.2) is 62.7 Å². The van der Waals surface area contributed by atoms with Crippen molar-refractivity contribution in [1.82, 2.24) is 18.9 Å².